The molecule has 0 fully saturated rings. The van der Waals surface area contributed by atoms with Crippen LogP contribution in [0.3, 0.4) is 0 Å². The molecule has 20 heavy (non-hydrogen) atoms. The van der Waals surface area contributed by atoms with Crippen molar-refractivity contribution < 1.29 is 0 Å². The summed E-state index contributed by atoms with van der Waals surface area (Å²) < 4.78 is 2.11. The standard InChI is InChI=1S/C15H17N5/c1-2-16-9-12-10-20(11-14-17-7-4-8-18-14)15-13(12)5-3-6-19-15/h3-8,10,16H,2,9,11H2,1H3. The van der Waals surface area contributed by atoms with Crippen molar-refractivity contribution in [3.8, 4) is 0 Å². The van der Waals surface area contributed by atoms with E-state index >= 15 is 0 Å². The van der Waals surface area contributed by atoms with Gasteiger partial charge in [-0.15, -0.1) is 0 Å². The molecule has 0 saturated heterocycles. The lowest BCUT2D eigenvalue weighted by Gasteiger charge is -2.02. The van der Waals surface area contributed by atoms with Gasteiger partial charge in [-0.05, 0) is 30.3 Å². The average Bonchev–Trinajstić information content (AvgIpc) is 2.85. The van der Waals surface area contributed by atoms with Crippen LogP contribution < -0.4 is 5.32 Å². The van der Waals surface area contributed by atoms with Crippen LogP contribution in [0.25, 0.3) is 11.0 Å². The lowest BCUT2D eigenvalue weighted by atomic mass is 10.2. The highest BCUT2D eigenvalue weighted by Crippen LogP contribution is 2.19. The maximum atomic E-state index is 4.49. The van der Waals surface area contributed by atoms with Crippen LogP contribution in [0.5, 0.6) is 0 Å². The first kappa shape index (κ1) is 12.7. The van der Waals surface area contributed by atoms with Gasteiger partial charge in [0, 0.05) is 36.7 Å². The van der Waals surface area contributed by atoms with Gasteiger partial charge in [0.2, 0.25) is 0 Å². The van der Waals surface area contributed by atoms with Crippen molar-refractivity contribution in [2.45, 2.75) is 20.0 Å². The third kappa shape index (κ3) is 2.53. The Balaban J connectivity index is 1.98. The van der Waals surface area contributed by atoms with E-state index in [2.05, 4.69) is 44.0 Å². The van der Waals surface area contributed by atoms with E-state index in [1.165, 1.54) is 10.9 Å². The molecule has 0 atom stereocenters. The first-order valence-electron chi connectivity index (χ1n) is 6.78. The molecule has 5 nitrogen and oxygen atoms in total. The summed E-state index contributed by atoms with van der Waals surface area (Å²) in [5.74, 6) is 0.796. The van der Waals surface area contributed by atoms with Crippen LogP contribution >= 0.6 is 0 Å². The van der Waals surface area contributed by atoms with E-state index in [-0.39, 0.29) is 0 Å². The summed E-state index contributed by atoms with van der Waals surface area (Å²) in [7, 11) is 0. The Morgan fingerprint density at radius 1 is 1.10 bits per heavy atom. The maximum Gasteiger partial charge on any atom is 0.147 e. The number of aromatic nitrogens is 4. The van der Waals surface area contributed by atoms with E-state index in [1.54, 1.807) is 12.4 Å². The van der Waals surface area contributed by atoms with Crippen LogP contribution in [0.4, 0.5) is 0 Å². The van der Waals surface area contributed by atoms with Crippen molar-refractivity contribution in [3.63, 3.8) is 0 Å². The number of hydrogen-bond donors (Lipinski definition) is 1. The number of nitrogens with one attached hydrogen (secondary N) is 1. The molecule has 0 amide bonds. The Hall–Kier alpha value is -2.27. The van der Waals surface area contributed by atoms with Crippen LogP contribution in [0.1, 0.15) is 18.3 Å². The number of pyridine rings is 1. The molecule has 3 rings (SSSR count). The van der Waals surface area contributed by atoms with Gasteiger partial charge in [0.25, 0.3) is 0 Å². The van der Waals surface area contributed by atoms with Crippen LogP contribution in [0, 0.1) is 0 Å². The molecule has 0 bridgehead atoms. The van der Waals surface area contributed by atoms with Crippen molar-refractivity contribution in [1.29, 1.82) is 0 Å². The zero-order valence-corrected chi connectivity index (χ0v) is 11.5. The zero-order chi connectivity index (χ0) is 13.8. The summed E-state index contributed by atoms with van der Waals surface area (Å²) in [4.78, 5) is 13.0. The smallest absolute Gasteiger partial charge is 0.147 e. The van der Waals surface area contributed by atoms with Crippen LogP contribution in [0.15, 0.2) is 43.0 Å². The number of nitrogens with zero attached hydrogens (tertiary/aromatic N) is 4. The van der Waals surface area contributed by atoms with E-state index in [0.717, 1.165) is 24.6 Å². The fourth-order valence-corrected chi connectivity index (χ4v) is 2.28. The van der Waals surface area contributed by atoms with E-state index in [4.69, 9.17) is 0 Å². The van der Waals surface area contributed by atoms with Gasteiger partial charge in [0.1, 0.15) is 11.5 Å². The predicted octanol–water partition coefficient (Wildman–Crippen LogP) is 1.98. The first-order chi connectivity index (χ1) is 9.88. The molecule has 0 spiro atoms. The van der Waals surface area contributed by atoms with Gasteiger partial charge < -0.3 is 9.88 Å². The second-order valence-corrected chi connectivity index (χ2v) is 4.60. The van der Waals surface area contributed by atoms with Gasteiger partial charge in [-0.25, -0.2) is 15.0 Å². The SMILES string of the molecule is CCNCc1cn(Cc2ncccn2)c2ncccc12. The molecule has 0 saturated carbocycles. The molecule has 5 heteroatoms. The first-order valence-corrected chi connectivity index (χ1v) is 6.78. The number of rotatable bonds is 5. The minimum absolute atomic E-state index is 0.639. The largest absolute Gasteiger partial charge is 0.325 e. The van der Waals surface area contributed by atoms with Gasteiger partial charge in [0.05, 0.1) is 6.54 Å². The monoisotopic (exact) mass is 267 g/mol. The van der Waals surface area contributed by atoms with Crippen molar-refractivity contribution >= 4 is 11.0 Å². The molecule has 0 unspecified atom stereocenters. The van der Waals surface area contributed by atoms with Crippen molar-refractivity contribution in [1.82, 2.24) is 24.8 Å². The highest BCUT2D eigenvalue weighted by atomic mass is 15.1. The van der Waals surface area contributed by atoms with Crippen LogP contribution in [-0.2, 0) is 13.1 Å². The molecule has 3 aromatic rings. The summed E-state index contributed by atoms with van der Waals surface area (Å²) in [5, 5.41) is 4.55. The molecule has 3 heterocycles. The normalized spacial score (nSPS) is 11.1. The van der Waals surface area contributed by atoms with E-state index in [1.807, 2.05) is 18.3 Å². The second-order valence-electron chi connectivity index (χ2n) is 4.60. The summed E-state index contributed by atoms with van der Waals surface area (Å²) in [5.41, 5.74) is 2.23. The Morgan fingerprint density at radius 3 is 2.70 bits per heavy atom. The van der Waals surface area contributed by atoms with Crippen LogP contribution in [0.2, 0.25) is 0 Å². The molecule has 0 aliphatic rings. The zero-order valence-electron chi connectivity index (χ0n) is 11.5. The van der Waals surface area contributed by atoms with Crippen LogP contribution in [-0.4, -0.2) is 26.1 Å². The summed E-state index contributed by atoms with van der Waals surface area (Å²) in [6, 6.07) is 5.91. The molecular weight excluding hydrogens is 250 g/mol. The molecule has 0 radical (unpaired) electrons. The molecule has 102 valence electrons. The van der Waals surface area contributed by atoms with Crippen molar-refractivity contribution in [3.05, 3.63) is 54.4 Å². The van der Waals surface area contributed by atoms with Gasteiger partial charge in [0.15, 0.2) is 0 Å². The summed E-state index contributed by atoms with van der Waals surface area (Å²) in [6.07, 6.45) is 7.49. The summed E-state index contributed by atoms with van der Waals surface area (Å²) in [6.45, 7) is 4.55. The third-order valence-corrected chi connectivity index (χ3v) is 3.21. The molecular formula is C15H17N5. The maximum absolute atomic E-state index is 4.49. The molecule has 0 aromatic carbocycles. The highest BCUT2D eigenvalue weighted by molar-refractivity contribution is 5.80. The lowest BCUT2D eigenvalue weighted by Crippen LogP contribution is -2.11. The predicted molar refractivity (Wildman–Crippen MR) is 78.2 cm³/mol. The van der Waals surface area contributed by atoms with E-state index in [9.17, 15) is 0 Å². The van der Waals surface area contributed by atoms with Gasteiger partial charge >= 0.3 is 0 Å². The quantitative estimate of drug-likeness (QED) is 0.768. The fraction of sp³-hybridized carbons (Fsp3) is 0.267. The number of fused-ring (bicyclic) bond motifs is 1. The Kier molecular flexibility index (Phi) is 3.69. The van der Waals surface area contributed by atoms with Gasteiger partial charge in [-0.3, -0.25) is 0 Å². The number of hydrogen-bond acceptors (Lipinski definition) is 4. The highest BCUT2D eigenvalue weighted by Gasteiger charge is 2.09. The molecule has 3 aromatic heterocycles. The minimum atomic E-state index is 0.639. The lowest BCUT2D eigenvalue weighted by molar-refractivity contribution is 0.718. The summed E-state index contributed by atoms with van der Waals surface area (Å²) >= 11 is 0. The van der Waals surface area contributed by atoms with Crippen molar-refractivity contribution in [2.24, 2.45) is 0 Å². The topological polar surface area (TPSA) is 55.6 Å². The van der Waals surface area contributed by atoms with E-state index < -0.39 is 0 Å². The molecule has 0 aliphatic carbocycles. The second kappa shape index (κ2) is 5.79. The Bertz CT molecular complexity index is 690. The van der Waals surface area contributed by atoms with Gasteiger partial charge in [-0.1, -0.05) is 6.92 Å². The molecule has 0 aliphatic heterocycles. The van der Waals surface area contributed by atoms with Crippen molar-refractivity contribution in [2.75, 3.05) is 6.54 Å². The third-order valence-electron chi connectivity index (χ3n) is 3.21. The minimum Gasteiger partial charge on any atom is -0.325 e. The Labute approximate surface area is 117 Å². The molecule has 1 N–H and O–H groups in total. The van der Waals surface area contributed by atoms with E-state index in [0.29, 0.717) is 6.54 Å². The fourth-order valence-electron chi connectivity index (χ4n) is 2.28. The average molecular weight is 267 g/mol. The van der Waals surface area contributed by atoms with Gasteiger partial charge in [-0.2, -0.15) is 0 Å². The Morgan fingerprint density at radius 2 is 1.90 bits per heavy atom.